The van der Waals surface area contributed by atoms with Crippen LogP contribution in [0.5, 0.6) is 0 Å². The first kappa shape index (κ1) is 44.7. The first-order valence-corrected chi connectivity index (χ1v) is 24.1. The molecular formula is C54H56N12O4. The van der Waals surface area contributed by atoms with Crippen molar-refractivity contribution in [2.75, 3.05) is 46.6 Å². The molecule has 0 aliphatic carbocycles. The van der Waals surface area contributed by atoms with Crippen molar-refractivity contribution in [3.05, 3.63) is 132 Å². The minimum Gasteiger partial charge on any atom is -0.393 e. The number of piperidine rings is 2. The normalized spacial score (nSPS) is 18.1. The number of nitrogens with zero attached hydrogens (tertiary/aromatic N) is 8. The lowest BCUT2D eigenvalue weighted by Gasteiger charge is -2.31. The number of hydrogen-bond donors (Lipinski definition) is 6. The predicted molar refractivity (Wildman–Crippen MR) is 274 cm³/mol. The van der Waals surface area contributed by atoms with Crippen molar-refractivity contribution in [2.45, 2.75) is 63.8 Å². The van der Waals surface area contributed by atoms with Gasteiger partial charge in [-0.2, -0.15) is 0 Å². The van der Waals surface area contributed by atoms with Crippen molar-refractivity contribution >= 4 is 68.3 Å². The highest BCUT2D eigenvalue weighted by molar-refractivity contribution is 6.09. The molecule has 16 nitrogen and oxygen atoms in total. The second-order valence-corrected chi connectivity index (χ2v) is 18.8. The molecule has 0 unspecified atom stereocenters. The monoisotopic (exact) mass is 936 g/mol. The third kappa shape index (κ3) is 8.21. The van der Waals surface area contributed by atoms with E-state index >= 15 is 0 Å². The van der Waals surface area contributed by atoms with E-state index in [1.807, 2.05) is 123 Å². The van der Waals surface area contributed by atoms with Gasteiger partial charge in [-0.05, 0) is 134 Å². The van der Waals surface area contributed by atoms with Gasteiger partial charge in [-0.1, -0.05) is 12.1 Å². The molecule has 2 amide bonds. The number of pyridine rings is 4. The molecule has 2 fully saturated rings. The van der Waals surface area contributed by atoms with Crippen LogP contribution in [0.25, 0.3) is 44.3 Å². The number of aliphatic hydroxyl groups excluding tert-OH is 2. The Morgan fingerprint density at radius 3 is 1.33 bits per heavy atom. The third-order valence-electron chi connectivity index (χ3n) is 14.3. The molecule has 6 N–H and O–H groups in total. The SMILES string of the molecule is C[C@@H]1NC(=O)c2c(Nc3ccc(N4CCC(O)CC4)cn3)ccc(-c3ccnc4c3ccn4C)c21.C[C@H]1NC(=O)c2c(Nc3ccc(N4CCC(O)CC4)cn3)ccc(-c3ccnc4c3ccn4C)c21. The number of hydrogen-bond acceptors (Lipinski definition) is 12. The van der Waals surface area contributed by atoms with Crippen molar-refractivity contribution in [3.8, 4) is 22.3 Å². The van der Waals surface area contributed by atoms with Gasteiger partial charge in [0.05, 0.1) is 70.6 Å². The molecule has 12 rings (SSSR count). The van der Waals surface area contributed by atoms with Crippen LogP contribution in [0.15, 0.2) is 110 Å². The summed E-state index contributed by atoms with van der Waals surface area (Å²) in [5.74, 6) is 1.20. The minimum atomic E-state index is -0.205. The Balaban J connectivity index is 0.000000152. The number of carbonyl (C=O) groups is 2. The maximum absolute atomic E-state index is 13.0. The average molecular weight is 937 g/mol. The van der Waals surface area contributed by atoms with E-state index in [0.29, 0.717) is 22.8 Å². The molecule has 6 aromatic heterocycles. The fourth-order valence-electron chi connectivity index (χ4n) is 10.6. The molecule has 2 atom stereocenters. The van der Waals surface area contributed by atoms with Gasteiger partial charge in [0.15, 0.2) is 0 Å². The lowest BCUT2D eigenvalue weighted by molar-refractivity contribution is 0.0950. The number of carbonyl (C=O) groups excluding carboxylic acids is 2. The Morgan fingerprint density at radius 2 is 0.943 bits per heavy atom. The van der Waals surface area contributed by atoms with E-state index in [9.17, 15) is 19.8 Å². The largest absolute Gasteiger partial charge is 0.393 e. The zero-order valence-electron chi connectivity index (χ0n) is 39.6. The van der Waals surface area contributed by atoms with Crippen molar-refractivity contribution in [3.63, 3.8) is 0 Å². The Labute approximate surface area is 405 Å². The van der Waals surface area contributed by atoms with E-state index in [1.165, 1.54) is 0 Å². The van der Waals surface area contributed by atoms with Crippen LogP contribution in [-0.2, 0) is 14.1 Å². The zero-order valence-corrected chi connectivity index (χ0v) is 39.6. The Kier molecular flexibility index (Phi) is 11.6. The van der Waals surface area contributed by atoms with Crippen molar-refractivity contribution in [2.24, 2.45) is 14.1 Å². The van der Waals surface area contributed by atoms with E-state index in [1.54, 1.807) is 0 Å². The van der Waals surface area contributed by atoms with Crippen molar-refractivity contribution in [1.29, 1.82) is 0 Å². The first-order valence-electron chi connectivity index (χ1n) is 24.1. The summed E-state index contributed by atoms with van der Waals surface area (Å²) in [6, 6.07) is 24.0. The summed E-state index contributed by atoms with van der Waals surface area (Å²) in [7, 11) is 3.97. The van der Waals surface area contributed by atoms with Gasteiger partial charge < -0.3 is 50.4 Å². The van der Waals surface area contributed by atoms with Crippen molar-refractivity contribution in [1.82, 2.24) is 39.7 Å². The summed E-state index contributed by atoms with van der Waals surface area (Å²) in [6.45, 7) is 7.34. The molecule has 0 spiro atoms. The number of rotatable bonds is 8. The molecule has 0 saturated carbocycles. The van der Waals surface area contributed by atoms with Crippen LogP contribution in [-0.4, -0.2) is 89.5 Å². The zero-order chi connectivity index (χ0) is 48.2. The topological polar surface area (TPSA) is 191 Å². The summed E-state index contributed by atoms with van der Waals surface area (Å²) < 4.78 is 4.01. The lowest BCUT2D eigenvalue weighted by atomic mass is 9.91. The van der Waals surface area contributed by atoms with Crippen LogP contribution in [0.4, 0.5) is 34.4 Å². The van der Waals surface area contributed by atoms with Crippen LogP contribution >= 0.6 is 0 Å². The number of aromatic nitrogens is 6. The van der Waals surface area contributed by atoms with E-state index in [2.05, 4.69) is 75.3 Å². The van der Waals surface area contributed by atoms with Gasteiger partial charge in [0.25, 0.3) is 11.8 Å². The van der Waals surface area contributed by atoms with Crippen LogP contribution in [0, 0.1) is 0 Å². The van der Waals surface area contributed by atoms with Gasteiger partial charge in [0, 0.05) is 75.8 Å². The summed E-state index contributed by atoms with van der Waals surface area (Å²) in [6.07, 6.45) is 14.0. The Bertz CT molecular complexity index is 3060. The quantitative estimate of drug-likeness (QED) is 0.0857. The van der Waals surface area contributed by atoms with Gasteiger partial charge >= 0.3 is 0 Å². The second kappa shape index (κ2) is 18.3. The van der Waals surface area contributed by atoms with E-state index in [-0.39, 0.29) is 36.1 Å². The number of aliphatic hydroxyl groups is 2. The molecule has 2 saturated heterocycles. The summed E-state index contributed by atoms with van der Waals surface area (Å²) >= 11 is 0. The highest BCUT2D eigenvalue weighted by Crippen LogP contribution is 2.43. The molecule has 70 heavy (non-hydrogen) atoms. The highest BCUT2D eigenvalue weighted by atomic mass is 16.3. The maximum atomic E-state index is 13.0. The van der Waals surface area contributed by atoms with Gasteiger partial charge in [0.1, 0.15) is 22.9 Å². The molecule has 10 heterocycles. The smallest absolute Gasteiger partial charge is 0.254 e. The number of fused-ring (bicyclic) bond motifs is 4. The van der Waals surface area contributed by atoms with Crippen molar-refractivity contribution < 1.29 is 19.8 Å². The fourth-order valence-corrected chi connectivity index (χ4v) is 10.6. The Hall–Kier alpha value is -7.82. The van der Waals surface area contributed by atoms with Crippen LogP contribution < -0.4 is 31.1 Å². The predicted octanol–water partition coefficient (Wildman–Crippen LogP) is 8.29. The molecule has 4 aliphatic rings. The summed E-state index contributed by atoms with van der Waals surface area (Å²) in [4.78, 5) is 48.7. The van der Waals surface area contributed by atoms with E-state index in [0.717, 1.165) is 130 Å². The highest BCUT2D eigenvalue weighted by Gasteiger charge is 2.34. The number of nitrogens with one attached hydrogen (secondary N) is 4. The van der Waals surface area contributed by atoms with Crippen LogP contribution in [0.2, 0.25) is 0 Å². The van der Waals surface area contributed by atoms with Gasteiger partial charge in [-0.3, -0.25) is 9.59 Å². The van der Waals surface area contributed by atoms with Gasteiger partial charge in [-0.25, -0.2) is 19.9 Å². The molecule has 2 aromatic carbocycles. The summed E-state index contributed by atoms with van der Waals surface area (Å²) in [5.41, 5.74) is 12.9. The summed E-state index contributed by atoms with van der Waals surface area (Å²) in [5, 5.41) is 34.5. The number of aryl methyl sites for hydroxylation is 2. The maximum Gasteiger partial charge on any atom is 0.254 e. The standard InChI is InChI=1S/2C27H28N6O2/c2*1-16-24-20(19-7-11-28-26-21(19)10-12-32(26)2)4-5-22(25(24)27(35)30-16)31-23-6-3-17(15-29-23)33-13-8-18(34)9-14-33/h2*3-7,10-12,15-16,18,34H,8-9,13-14H2,1-2H3,(H,29,31)(H,30,35)/t2*16-/m10/s1. The molecule has 0 bridgehead atoms. The van der Waals surface area contributed by atoms with Crippen LogP contribution in [0.1, 0.15) is 83.5 Å². The van der Waals surface area contributed by atoms with Gasteiger partial charge in [0.2, 0.25) is 0 Å². The molecule has 356 valence electrons. The minimum absolute atomic E-state index is 0.0845. The second-order valence-electron chi connectivity index (χ2n) is 18.8. The van der Waals surface area contributed by atoms with Crippen LogP contribution in [0.3, 0.4) is 0 Å². The molecule has 0 radical (unpaired) electrons. The number of anilines is 6. The van der Waals surface area contributed by atoms with E-state index in [4.69, 9.17) is 0 Å². The van der Waals surface area contributed by atoms with E-state index < -0.39 is 0 Å². The third-order valence-corrected chi connectivity index (χ3v) is 14.3. The fraction of sp³-hybridized carbons (Fsp3) is 0.296. The molecular weight excluding hydrogens is 881 g/mol. The first-order chi connectivity index (χ1) is 34.0. The molecule has 8 aromatic rings. The average Bonchev–Trinajstić information content (AvgIpc) is 4.12. The number of amides is 2. The molecule has 16 heteroatoms. The van der Waals surface area contributed by atoms with Gasteiger partial charge in [-0.15, -0.1) is 0 Å². The Morgan fingerprint density at radius 1 is 0.529 bits per heavy atom. The lowest BCUT2D eigenvalue weighted by Crippen LogP contribution is -2.35. The molecule has 4 aliphatic heterocycles. The number of benzene rings is 2.